The number of nitrogens with zero attached hydrogens (tertiary/aromatic N) is 4. The fourth-order valence-electron chi connectivity index (χ4n) is 2.24. The molecule has 3 rings (SSSR count). The van der Waals surface area contributed by atoms with Gasteiger partial charge in [-0.05, 0) is 36.6 Å². The van der Waals surface area contributed by atoms with Crippen LogP contribution >= 0.6 is 15.9 Å². The number of ether oxygens (including phenoxy) is 2. The van der Waals surface area contributed by atoms with E-state index in [-0.39, 0.29) is 29.0 Å². The summed E-state index contributed by atoms with van der Waals surface area (Å²) in [4.78, 5) is 15.3. The molecule has 12 heteroatoms. The highest BCUT2D eigenvalue weighted by Gasteiger charge is 2.19. The summed E-state index contributed by atoms with van der Waals surface area (Å²) in [6.07, 6.45) is -2.25. The van der Waals surface area contributed by atoms with Crippen LogP contribution in [0, 0.1) is 6.92 Å². The molecule has 0 aliphatic heterocycles. The summed E-state index contributed by atoms with van der Waals surface area (Å²) in [5, 5.41) is 0. The van der Waals surface area contributed by atoms with Crippen LogP contribution in [0.2, 0.25) is 0 Å². The van der Waals surface area contributed by atoms with Gasteiger partial charge in [-0.1, -0.05) is 35.0 Å². The van der Waals surface area contributed by atoms with Crippen LogP contribution in [0.3, 0.4) is 0 Å². The van der Waals surface area contributed by atoms with Crippen LogP contribution in [0.5, 0.6) is 11.9 Å². The van der Waals surface area contributed by atoms with E-state index in [2.05, 4.69) is 35.9 Å². The molecule has 0 saturated carbocycles. The van der Waals surface area contributed by atoms with Crippen LogP contribution in [-0.2, 0) is 10.2 Å². The minimum atomic E-state index is -4.77. The lowest BCUT2D eigenvalue weighted by atomic mass is 10.1. The molecule has 0 spiro atoms. The zero-order valence-corrected chi connectivity index (χ0v) is 19.2. The SMILES string of the molecule is [2H]c1nc(OCC([2H])([2H])Oc2ncnc(NS(=O)(=O)NC([2H])([2H])C([2H])([2H])C)c2-c2ccc(Br)cc2)nc([2H])c1C. The van der Waals surface area contributed by atoms with E-state index in [1.165, 1.54) is 19.1 Å². The number of anilines is 1. The van der Waals surface area contributed by atoms with Crippen molar-refractivity contribution in [3.8, 4) is 23.0 Å². The van der Waals surface area contributed by atoms with Gasteiger partial charge in [-0.3, -0.25) is 4.72 Å². The van der Waals surface area contributed by atoms with Crippen molar-refractivity contribution < 1.29 is 28.9 Å². The van der Waals surface area contributed by atoms with Gasteiger partial charge in [0.15, 0.2) is 5.82 Å². The lowest BCUT2D eigenvalue weighted by Crippen LogP contribution is -2.31. The Morgan fingerprint density at radius 3 is 2.53 bits per heavy atom. The molecule has 0 saturated heterocycles. The van der Waals surface area contributed by atoms with Crippen LogP contribution in [-0.4, -0.2) is 48.0 Å². The van der Waals surface area contributed by atoms with Crippen molar-refractivity contribution in [1.29, 1.82) is 0 Å². The first-order valence-corrected chi connectivity index (χ1v) is 11.1. The van der Waals surface area contributed by atoms with Crippen LogP contribution in [0.25, 0.3) is 11.1 Å². The molecule has 0 radical (unpaired) electrons. The second-order valence-corrected chi connectivity index (χ2v) is 8.21. The Bertz CT molecular complexity index is 1470. The molecule has 0 aliphatic carbocycles. The van der Waals surface area contributed by atoms with Crippen LogP contribution in [0.4, 0.5) is 5.82 Å². The highest BCUT2D eigenvalue weighted by molar-refractivity contribution is 9.10. The maximum atomic E-state index is 12.8. The maximum absolute atomic E-state index is 12.8. The van der Waals surface area contributed by atoms with Crippen LogP contribution in [0.15, 0.2) is 47.4 Å². The normalized spacial score (nSPS) is 16.2. The monoisotopic (exact) mass is 530 g/mol. The first-order chi connectivity index (χ1) is 18.3. The summed E-state index contributed by atoms with van der Waals surface area (Å²) in [6.45, 7) is -4.10. The molecule has 2 heterocycles. The largest absolute Gasteiger partial charge is 0.473 e. The quantitative estimate of drug-likeness (QED) is 0.386. The number of nitrogens with one attached hydrogen (secondary N) is 2. The Balaban J connectivity index is 1.96. The molecule has 0 fully saturated rings. The number of halogens is 1. The summed E-state index contributed by atoms with van der Waals surface area (Å²) in [5.74, 6) is -0.854. The van der Waals surface area contributed by atoms with E-state index in [9.17, 15) is 8.42 Å². The molecule has 1 aromatic carbocycles. The van der Waals surface area contributed by atoms with Gasteiger partial charge in [0.25, 0.3) is 10.2 Å². The van der Waals surface area contributed by atoms with Crippen molar-refractivity contribution in [2.75, 3.05) is 24.4 Å². The van der Waals surface area contributed by atoms with Crippen molar-refractivity contribution >= 4 is 32.0 Å². The van der Waals surface area contributed by atoms with Crippen molar-refractivity contribution in [3.63, 3.8) is 0 Å². The topological polar surface area (TPSA) is 128 Å². The molecule has 0 amide bonds. The van der Waals surface area contributed by atoms with E-state index in [1.54, 1.807) is 16.9 Å². The highest BCUT2D eigenvalue weighted by Crippen LogP contribution is 2.34. The Hall–Kier alpha value is -2.83. The minimum Gasteiger partial charge on any atom is -0.473 e. The second-order valence-electron chi connectivity index (χ2n) is 5.88. The first kappa shape index (κ1) is 15.1. The van der Waals surface area contributed by atoms with Gasteiger partial charge < -0.3 is 9.47 Å². The molecule has 170 valence electrons. The molecule has 32 heavy (non-hydrogen) atoms. The van der Waals surface area contributed by atoms with Gasteiger partial charge in [-0.15, -0.1) is 0 Å². The third kappa shape index (κ3) is 6.84. The van der Waals surface area contributed by atoms with Crippen LogP contribution < -0.4 is 18.9 Å². The third-order valence-corrected chi connectivity index (χ3v) is 4.92. The van der Waals surface area contributed by atoms with E-state index >= 15 is 0 Å². The van der Waals surface area contributed by atoms with E-state index in [1.807, 2.05) is 4.72 Å². The van der Waals surface area contributed by atoms with Gasteiger partial charge in [0.2, 0.25) is 5.88 Å². The summed E-state index contributed by atoms with van der Waals surface area (Å²) in [5.41, 5.74) is 0.360. The first-order valence-electron chi connectivity index (χ1n) is 12.9. The fraction of sp³-hybridized carbons (Fsp3) is 0.300. The number of hydrogen-bond acceptors (Lipinski definition) is 8. The van der Waals surface area contributed by atoms with E-state index < -0.39 is 54.0 Å². The van der Waals surface area contributed by atoms with Crippen molar-refractivity contribution in [3.05, 3.63) is 53.0 Å². The molecule has 0 atom stereocenters. The highest BCUT2D eigenvalue weighted by atomic mass is 79.9. The Labute approximate surface area is 206 Å². The van der Waals surface area contributed by atoms with Gasteiger partial charge in [0, 0.05) is 28.8 Å². The van der Waals surface area contributed by atoms with E-state index in [4.69, 9.17) is 20.4 Å². The molecule has 2 aromatic heterocycles. The molecule has 0 aliphatic rings. The zero-order valence-electron chi connectivity index (χ0n) is 24.8. The summed E-state index contributed by atoms with van der Waals surface area (Å²) in [6, 6.07) is 5.85. The molecular weight excluding hydrogens is 500 g/mol. The third-order valence-electron chi connectivity index (χ3n) is 3.55. The Morgan fingerprint density at radius 1 is 1.12 bits per heavy atom. The lowest BCUT2D eigenvalue weighted by Gasteiger charge is -2.15. The fourth-order valence-corrected chi connectivity index (χ4v) is 3.20. The second kappa shape index (κ2) is 11.2. The maximum Gasteiger partial charge on any atom is 0.316 e. The lowest BCUT2D eigenvalue weighted by molar-refractivity contribution is 0.202. The molecule has 0 bridgehead atoms. The van der Waals surface area contributed by atoms with Crippen molar-refractivity contribution in [1.82, 2.24) is 24.7 Å². The van der Waals surface area contributed by atoms with Crippen molar-refractivity contribution in [2.45, 2.75) is 20.2 Å². The summed E-state index contributed by atoms with van der Waals surface area (Å²) < 4.78 is 103. The van der Waals surface area contributed by atoms with Gasteiger partial charge in [-0.2, -0.15) is 13.1 Å². The van der Waals surface area contributed by atoms with Crippen molar-refractivity contribution in [2.24, 2.45) is 0 Å². The predicted octanol–water partition coefficient (Wildman–Crippen LogP) is 3.12. The zero-order chi connectivity index (χ0) is 30.1. The molecule has 3 aromatic rings. The predicted molar refractivity (Wildman–Crippen MR) is 124 cm³/mol. The Kier molecular flexibility index (Phi) is 5.26. The standard InChI is InChI=1S/C20H23BrN6O4S/c1-3-8-26-32(28,29)27-18-17(15-4-6-16(21)7-5-15)19(25-13-24-18)30-9-10-31-20-22-11-14(2)12-23-20/h4-7,11-13,26H,3,8-10H2,1-2H3,(H,24,25,27)/i3D2,8D2,9D2,11D,12D. The smallest absolute Gasteiger partial charge is 0.316 e. The van der Waals surface area contributed by atoms with Gasteiger partial charge >= 0.3 is 6.01 Å². The average molecular weight is 531 g/mol. The van der Waals surface area contributed by atoms with E-state index in [0.29, 0.717) is 4.47 Å². The van der Waals surface area contributed by atoms with Crippen LogP contribution in [0.1, 0.15) is 29.8 Å². The molecule has 2 N–H and O–H groups in total. The Morgan fingerprint density at radius 2 is 1.84 bits per heavy atom. The number of rotatable bonds is 11. The number of aromatic nitrogens is 4. The summed E-state index contributed by atoms with van der Waals surface area (Å²) in [7, 11) is -4.77. The average Bonchev–Trinajstić information content (AvgIpc) is 2.80. The molecule has 0 unspecified atom stereocenters. The van der Waals surface area contributed by atoms with Gasteiger partial charge in [0.05, 0.1) is 11.0 Å². The van der Waals surface area contributed by atoms with Gasteiger partial charge in [-0.25, -0.2) is 19.9 Å². The summed E-state index contributed by atoms with van der Waals surface area (Å²) >= 11 is 3.29. The number of benzene rings is 1. The van der Waals surface area contributed by atoms with Gasteiger partial charge in [0.1, 0.15) is 19.5 Å². The minimum absolute atomic E-state index is 0.127. The molecule has 10 nitrogen and oxygen atoms in total. The van der Waals surface area contributed by atoms with E-state index in [0.717, 1.165) is 13.3 Å². The number of hydrogen-bond donors (Lipinski definition) is 2. The molecular formula is C20H23BrN6O4S.